The van der Waals surface area contributed by atoms with E-state index >= 15 is 0 Å². The topological polar surface area (TPSA) is 9.23 Å². The van der Waals surface area contributed by atoms with Crippen LogP contribution >= 0.6 is 0 Å². The SMILES string of the molecule is CC.CCOC1(C)Cc2cc(C)ccc2C1C. The maximum Gasteiger partial charge on any atom is 0.0760 e. The van der Waals surface area contributed by atoms with Crippen molar-refractivity contribution in [3.63, 3.8) is 0 Å². The summed E-state index contributed by atoms with van der Waals surface area (Å²) in [5.41, 5.74) is 4.29. The third kappa shape index (κ3) is 2.71. The Morgan fingerprint density at radius 2 is 2.00 bits per heavy atom. The van der Waals surface area contributed by atoms with Gasteiger partial charge in [-0.1, -0.05) is 44.5 Å². The molecule has 0 saturated heterocycles. The van der Waals surface area contributed by atoms with Crippen LogP contribution in [0.2, 0.25) is 0 Å². The highest BCUT2D eigenvalue weighted by atomic mass is 16.5. The molecule has 0 fully saturated rings. The van der Waals surface area contributed by atoms with Crippen molar-refractivity contribution in [2.24, 2.45) is 0 Å². The molecular formula is C16H26O. The quantitative estimate of drug-likeness (QED) is 0.733. The number of fused-ring (bicyclic) bond motifs is 1. The van der Waals surface area contributed by atoms with Crippen LogP contribution in [0.3, 0.4) is 0 Å². The molecule has 96 valence electrons. The van der Waals surface area contributed by atoms with Gasteiger partial charge >= 0.3 is 0 Å². The third-order valence-corrected chi connectivity index (χ3v) is 3.70. The summed E-state index contributed by atoms with van der Waals surface area (Å²) in [7, 11) is 0. The van der Waals surface area contributed by atoms with Gasteiger partial charge in [-0.05, 0) is 31.9 Å². The second kappa shape index (κ2) is 5.68. The molecule has 0 radical (unpaired) electrons. The van der Waals surface area contributed by atoms with E-state index in [-0.39, 0.29) is 5.60 Å². The van der Waals surface area contributed by atoms with E-state index in [1.165, 1.54) is 16.7 Å². The molecule has 0 heterocycles. The van der Waals surface area contributed by atoms with E-state index in [0.29, 0.717) is 5.92 Å². The zero-order valence-corrected chi connectivity index (χ0v) is 12.1. The van der Waals surface area contributed by atoms with Crippen LogP contribution in [0.5, 0.6) is 0 Å². The fourth-order valence-electron chi connectivity index (χ4n) is 2.68. The van der Waals surface area contributed by atoms with Gasteiger partial charge in [0.1, 0.15) is 0 Å². The molecule has 1 aliphatic rings. The molecule has 1 aromatic rings. The number of ether oxygens (including phenoxy) is 1. The van der Waals surface area contributed by atoms with Gasteiger partial charge in [0.25, 0.3) is 0 Å². The van der Waals surface area contributed by atoms with E-state index in [2.05, 4.69) is 45.9 Å². The fourth-order valence-corrected chi connectivity index (χ4v) is 2.68. The number of benzene rings is 1. The molecule has 0 bridgehead atoms. The highest BCUT2D eigenvalue weighted by Gasteiger charge is 2.40. The Bertz CT molecular complexity index is 370. The van der Waals surface area contributed by atoms with Gasteiger partial charge in [0, 0.05) is 18.9 Å². The van der Waals surface area contributed by atoms with E-state index in [0.717, 1.165) is 13.0 Å². The van der Waals surface area contributed by atoms with Gasteiger partial charge in [-0.15, -0.1) is 0 Å². The average Bonchev–Trinajstić information content (AvgIpc) is 2.54. The lowest BCUT2D eigenvalue weighted by molar-refractivity contribution is -0.0326. The highest BCUT2D eigenvalue weighted by molar-refractivity contribution is 5.41. The zero-order chi connectivity index (χ0) is 13.1. The maximum atomic E-state index is 5.92. The standard InChI is InChI=1S/C14H20O.C2H6/c1-5-15-14(4)9-12-8-10(2)6-7-13(12)11(14)3;1-2/h6-8,11H,5,9H2,1-4H3;1-2H3. The predicted molar refractivity (Wildman–Crippen MR) is 74.7 cm³/mol. The largest absolute Gasteiger partial charge is 0.375 e. The van der Waals surface area contributed by atoms with Crippen molar-refractivity contribution in [3.8, 4) is 0 Å². The van der Waals surface area contributed by atoms with E-state index in [1.54, 1.807) is 0 Å². The molecule has 2 unspecified atom stereocenters. The Morgan fingerprint density at radius 1 is 1.35 bits per heavy atom. The van der Waals surface area contributed by atoms with Gasteiger partial charge in [0.2, 0.25) is 0 Å². The molecule has 1 heteroatoms. The van der Waals surface area contributed by atoms with Crippen molar-refractivity contribution in [2.45, 2.75) is 59.5 Å². The predicted octanol–water partition coefficient (Wildman–Crippen LogP) is 4.48. The molecule has 2 atom stereocenters. The van der Waals surface area contributed by atoms with Crippen LogP contribution in [0, 0.1) is 6.92 Å². The number of hydrogen-bond donors (Lipinski definition) is 0. The van der Waals surface area contributed by atoms with E-state index < -0.39 is 0 Å². The lowest BCUT2D eigenvalue weighted by Crippen LogP contribution is -2.32. The minimum Gasteiger partial charge on any atom is -0.375 e. The lowest BCUT2D eigenvalue weighted by Gasteiger charge is -2.29. The Labute approximate surface area is 106 Å². The molecule has 1 aliphatic carbocycles. The van der Waals surface area contributed by atoms with Crippen LogP contribution in [0.1, 0.15) is 57.2 Å². The van der Waals surface area contributed by atoms with Gasteiger partial charge in [0.15, 0.2) is 0 Å². The van der Waals surface area contributed by atoms with Gasteiger partial charge in [0.05, 0.1) is 5.60 Å². The Balaban J connectivity index is 0.000000686. The van der Waals surface area contributed by atoms with Gasteiger partial charge < -0.3 is 4.74 Å². The molecule has 0 amide bonds. The van der Waals surface area contributed by atoms with Crippen LogP contribution in [-0.4, -0.2) is 12.2 Å². The summed E-state index contributed by atoms with van der Waals surface area (Å²) in [5.74, 6) is 0.507. The number of hydrogen-bond acceptors (Lipinski definition) is 1. The summed E-state index contributed by atoms with van der Waals surface area (Å²) in [6, 6.07) is 6.77. The molecule has 2 rings (SSSR count). The maximum absolute atomic E-state index is 5.92. The van der Waals surface area contributed by atoms with Gasteiger partial charge in [-0.25, -0.2) is 0 Å². The summed E-state index contributed by atoms with van der Waals surface area (Å²) in [6.45, 7) is 13.5. The molecular weight excluding hydrogens is 208 g/mol. The fraction of sp³-hybridized carbons (Fsp3) is 0.625. The molecule has 0 saturated carbocycles. The summed E-state index contributed by atoms with van der Waals surface area (Å²) in [4.78, 5) is 0. The van der Waals surface area contributed by atoms with Gasteiger partial charge in [-0.2, -0.15) is 0 Å². The smallest absolute Gasteiger partial charge is 0.0760 e. The monoisotopic (exact) mass is 234 g/mol. The Kier molecular flexibility index (Phi) is 4.76. The van der Waals surface area contributed by atoms with Crippen molar-refractivity contribution >= 4 is 0 Å². The first-order valence-corrected chi connectivity index (χ1v) is 6.80. The minimum atomic E-state index is 0.00484. The van der Waals surface area contributed by atoms with E-state index in [1.807, 2.05) is 13.8 Å². The Morgan fingerprint density at radius 3 is 2.59 bits per heavy atom. The molecule has 1 aromatic carbocycles. The van der Waals surface area contributed by atoms with Crippen LogP contribution in [-0.2, 0) is 11.2 Å². The third-order valence-electron chi connectivity index (χ3n) is 3.70. The van der Waals surface area contributed by atoms with E-state index in [9.17, 15) is 0 Å². The normalized spacial score (nSPS) is 26.1. The molecule has 0 spiro atoms. The van der Waals surface area contributed by atoms with Crippen molar-refractivity contribution in [2.75, 3.05) is 6.61 Å². The van der Waals surface area contributed by atoms with E-state index in [4.69, 9.17) is 4.74 Å². The lowest BCUT2D eigenvalue weighted by atomic mass is 9.91. The van der Waals surface area contributed by atoms with Crippen molar-refractivity contribution in [1.82, 2.24) is 0 Å². The second-order valence-corrected chi connectivity index (χ2v) is 4.85. The average molecular weight is 234 g/mol. The van der Waals surface area contributed by atoms with Crippen LogP contribution in [0.15, 0.2) is 18.2 Å². The van der Waals surface area contributed by atoms with Crippen molar-refractivity contribution < 1.29 is 4.74 Å². The first-order valence-electron chi connectivity index (χ1n) is 6.80. The van der Waals surface area contributed by atoms with Crippen molar-refractivity contribution in [1.29, 1.82) is 0 Å². The second-order valence-electron chi connectivity index (χ2n) is 4.85. The molecule has 0 aliphatic heterocycles. The highest BCUT2D eigenvalue weighted by Crippen LogP contribution is 2.43. The Hall–Kier alpha value is -0.820. The molecule has 0 aromatic heterocycles. The summed E-state index contributed by atoms with van der Waals surface area (Å²) in [5, 5.41) is 0. The number of aryl methyl sites for hydroxylation is 1. The summed E-state index contributed by atoms with van der Waals surface area (Å²) >= 11 is 0. The van der Waals surface area contributed by atoms with Gasteiger partial charge in [-0.3, -0.25) is 0 Å². The first kappa shape index (κ1) is 14.2. The zero-order valence-electron chi connectivity index (χ0n) is 12.1. The molecule has 17 heavy (non-hydrogen) atoms. The first-order chi connectivity index (χ1) is 8.07. The number of rotatable bonds is 2. The summed E-state index contributed by atoms with van der Waals surface area (Å²) < 4.78 is 5.92. The van der Waals surface area contributed by atoms with Crippen LogP contribution in [0.4, 0.5) is 0 Å². The van der Waals surface area contributed by atoms with Crippen molar-refractivity contribution in [3.05, 3.63) is 34.9 Å². The minimum absolute atomic E-state index is 0.00484. The molecule has 1 nitrogen and oxygen atoms in total. The van der Waals surface area contributed by atoms with Crippen LogP contribution < -0.4 is 0 Å². The molecule has 0 N–H and O–H groups in total. The summed E-state index contributed by atoms with van der Waals surface area (Å²) in [6.07, 6.45) is 1.05. The van der Waals surface area contributed by atoms with Crippen LogP contribution in [0.25, 0.3) is 0 Å².